The van der Waals surface area contributed by atoms with E-state index < -0.39 is 0 Å². The lowest BCUT2D eigenvalue weighted by molar-refractivity contribution is 0.150. The van der Waals surface area contributed by atoms with E-state index in [9.17, 15) is 9.59 Å². The first-order chi connectivity index (χ1) is 11.0. The van der Waals surface area contributed by atoms with Crippen LogP contribution < -0.4 is 11.2 Å². The quantitative estimate of drug-likeness (QED) is 0.766. The largest absolute Gasteiger partial charge is 0.330 e. The van der Waals surface area contributed by atoms with Crippen LogP contribution in [0.2, 0.25) is 0 Å². The van der Waals surface area contributed by atoms with E-state index in [1.165, 1.54) is 7.05 Å². The highest BCUT2D eigenvalue weighted by atomic mass is 16.2. The van der Waals surface area contributed by atoms with Crippen molar-refractivity contribution in [2.24, 2.45) is 20.0 Å². The first kappa shape index (κ1) is 15.7. The van der Waals surface area contributed by atoms with Crippen molar-refractivity contribution in [2.75, 3.05) is 13.1 Å². The Balaban J connectivity index is 1.71. The molecule has 1 atom stereocenters. The molecule has 8 heteroatoms. The number of rotatable bonds is 4. The van der Waals surface area contributed by atoms with Crippen molar-refractivity contribution in [3.8, 4) is 0 Å². The van der Waals surface area contributed by atoms with E-state index in [4.69, 9.17) is 0 Å². The summed E-state index contributed by atoms with van der Waals surface area (Å²) in [6, 6.07) is 1.56. The smallest absolute Gasteiger partial charge is 0.299 e. The molecule has 124 valence electrons. The van der Waals surface area contributed by atoms with Gasteiger partial charge in [-0.05, 0) is 25.3 Å². The lowest BCUT2D eigenvalue weighted by Crippen LogP contribution is -2.41. The summed E-state index contributed by atoms with van der Waals surface area (Å²) in [5.41, 5.74) is 0.238. The maximum Gasteiger partial charge on any atom is 0.330 e. The molecule has 3 rings (SSSR count). The average molecular weight is 318 g/mol. The summed E-state index contributed by atoms with van der Waals surface area (Å²) in [6.07, 6.45) is 5.56. The second-order valence-electron chi connectivity index (χ2n) is 6.24. The number of nitrogens with zero attached hydrogens (tertiary/aromatic N) is 6. The zero-order valence-electron chi connectivity index (χ0n) is 13.6. The van der Waals surface area contributed by atoms with Crippen LogP contribution in [0.1, 0.15) is 18.5 Å². The molecule has 0 unspecified atom stereocenters. The molecule has 1 saturated heterocycles. The Morgan fingerprint density at radius 1 is 1.26 bits per heavy atom. The van der Waals surface area contributed by atoms with Crippen molar-refractivity contribution in [3.05, 3.63) is 45.3 Å². The molecule has 1 aliphatic heterocycles. The number of hydrogen-bond acceptors (Lipinski definition) is 5. The van der Waals surface area contributed by atoms with Crippen LogP contribution in [0.4, 0.5) is 0 Å². The molecule has 0 bridgehead atoms. The maximum atomic E-state index is 12.0. The van der Waals surface area contributed by atoms with Gasteiger partial charge in [0.05, 0.1) is 0 Å². The molecule has 8 nitrogen and oxygen atoms in total. The molecule has 0 saturated carbocycles. The summed E-state index contributed by atoms with van der Waals surface area (Å²) in [7, 11) is 3.22. The molecule has 23 heavy (non-hydrogen) atoms. The van der Waals surface area contributed by atoms with Crippen molar-refractivity contribution in [3.63, 3.8) is 0 Å². The Bertz CT molecular complexity index is 776. The highest BCUT2D eigenvalue weighted by Crippen LogP contribution is 2.19. The normalized spacial score (nSPS) is 19.1. The standard InChI is InChI=1S/C15H22N6O2/c1-18-13(6-14(22)19(2)15(18)23)9-20-5-3-4-12(7-20)8-21-11-16-10-17-21/h6,10-12H,3-5,7-9H2,1-2H3/t12-/m0/s1. The fourth-order valence-electron chi connectivity index (χ4n) is 3.19. The van der Waals surface area contributed by atoms with Crippen LogP contribution in [0.3, 0.4) is 0 Å². The summed E-state index contributed by atoms with van der Waals surface area (Å²) >= 11 is 0. The van der Waals surface area contributed by atoms with Gasteiger partial charge in [-0.3, -0.25) is 23.5 Å². The van der Waals surface area contributed by atoms with Gasteiger partial charge in [-0.25, -0.2) is 9.78 Å². The van der Waals surface area contributed by atoms with E-state index in [-0.39, 0.29) is 11.2 Å². The highest BCUT2D eigenvalue weighted by Gasteiger charge is 2.21. The summed E-state index contributed by atoms with van der Waals surface area (Å²) in [5.74, 6) is 0.508. The van der Waals surface area contributed by atoms with E-state index >= 15 is 0 Å². The third-order valence-corrected chi connectivity index (χ3v) is 4.53. The van der Waals surface area contributed by atoms with Crippen LogP contribution in [0.15, 0.2) is 28.3 Å². The van der Waals surface area contributed by atoms with Crippen LogP contribution in [0.25, 0.3) is 0 Å². The van der Waals surface area contributed by atoms with Crippen LogP contribution in [0.5, 0.6) is 0 Å². The zero-order valence-corrected chi connectivity index (χ0v) is 13.6. The van der Waals surface area contributed by atoms with Crippen LogP contribution in [-0.2, 0) is 27.2 Å². The second-order valence-corrected chi connectivity index (χ2v) is 6.24. The molecule has 1 fully saturated rings. The fraction of sp³-hybridized carbons (Fsp3) is 0.600. The lowest BCUT2D eigenvalue weighted by atomic mass is 9.98. The molecular weight excluding hydrogens is 296 g/mol. The predicted molar refractivity (Wildman–Crippen MR) is 84.9 cm³/mol. The minimum absolute atomic E-state index is 0.251. The van der Waals surface area contributed by atoms with Gasteiger partial charge in [0.25, 0.3) is 5.56 Å². The van der Waals surface area contributed by atoms with E-state index in [2.05, 4.69) is 15.0 Å². The van der Waals surface area contributed by atoms with Gasteiger partial charge in [0.1, 0.15) is 12.7 Å². The second kappa shape index (κ2) is 6.49. The molecular formula is C15H22N6O2. The Kier molecular flexibility index (Phi) is 4.42. The van der Waals surface area contributed by atoms with Crippen molar-refractivity contribution in [1.82, 2.24) is 28.8 Å². The SMILES string of the molecule is Cn1c(CN2CCC[C@H](Cn3cncn3)C2)cc(=O)n(C)c1=O. The van der Waals surface area contributed by atoms with Crippen molar-refractivity contribution < 1.29 is 0 Å². The maximum absolute atomic E-state index is 12.0. The topological polar surface area (TPSA) is 78.0 Å². The van der Waals surface area contributed by atoms with Gasteiger partial charge in [-0.1, -0.05) is 0 Å². The van der Waals surface area contributed by atoms with Crippen LogP contribution in [-0.4, -0.2) is 41.9 Å². The van der Waals surface area contributed by atoms with Gasteiger partial charge in [-0.15, -0.1) is 0 Å². The van der Waals surface area contributed by atoms with E-state index in [1.807, 2.05) is 4.68 Å². The third-order valence-electron chi connectivity index (χ3n) is 4.53. The number of hydrogen-bond donors (Lipinski definition) is 0. The summed E-state index contributed by atoms with van der Waals surface area (Å²) < 4.78 is 4.55. The molecule has 3 heterocycles. The molecule has 2 aromatic heterocycles. The van der Waals surface area contributed by atoms with E-state index in [1.54, 1.807) is 30.3 Å². The Labute approximate surface area is 134 Å². The minimum Gasteiger partial charge on any atom is -0.299 e. The third kappa shape index (κ3) is 3.42. The Morgan fingerprint density at radius 3 is 2.83 bits per heavy atom. The van der Waals surface area contributed by atoms with Crippen molar-refractivity contribution >= 4 is 0 Å². The van der Waals surface area contributed by atoms with Gasteiger partial charge in [0.2, 0.25) is 0 Å². The van der Waals surface area contributed by atoms with Gasteiger partial charge >= 0.3 is 5.69 Å². The summed E-state index contributed by atoms with van der Waals surface area (Å²) in [5, 5.41) is 4.16. The molecule has 0 aromatic carbocycles. The van der Waals surface area contributed by atoms with Gasteiger partial charge < -0.3 is 0 Å². The van der Waals surface area contributed by atoms with Gasteiger partial charge in [0, 0.05) is 45.5 Å². The Morgan fingerprint density at radius 2 is 2.09 bits per heavy atom. The molecule has 0 amide bonds. The van der Waals surface area contributed by atoms with Gasteiger partial charge in [-0.2, -0.15) is 5.10 Å². The van der Waals surface area contributed by atoms with Crippen LogP contribution in [0, 0.1) is 5.92 Å². The lowest BCUT2D eigenvalue weighted by Gasteiger charge is -2.32. The molecule has 0 aliphatic carbocycles. The Hall–Kier alpha value is -2.22. The zero-order chi connectivity index (χ0) is 16.4. The molecule has 1 aliphatic rings. The molecule has 0 N–H and O–H groups in total. The number of aromatic nitrogens is 5. The van der Waals surface area contributed by atoms with Crippen LogP contribution >= 0.6 is 0 Å². The van der Waals surface area contributed by atoms with Crippen molar-refractivity contribution in [1.29, 1.82) is 0 Å². The van der Waals surface area contributed by atoms with Crippen molar-refractivity contribution in [2.45, 2.75) is 25.9 Å². The molecule has 0 spiro atoms. The fourth-order valence-corrected chi connectivity index (χ4v) is 3.19. The number of piperidine rings is 1. The van der Waals surface area contributed by atoms with E-state index in [0.717, 1.165) is 42.7 Å². The van der Waals surface area contributed by atoms with E-state index in [0.29, 0.717) is 12.5 Å². The monoisotopic (exact) mass is 318 g/mol. The first-order valence-electron chi connectivity index (χ1n) is 7.85. The summed E-state index contributed by atoms with van der Waals surface area (Å²) in [4.78, 5) is 30.1. The predicted octanol–water partition coefficient (Wildman–Crippen LogP) is -0.412. The minimum atomic E-state index is -0.274. The van der Waals surface area contributed by atoms with Gasteiger partial charge in [0.15, 0.2) is 0 Å². The first-order valence-corrected chi connectivity index (χ1v) is 7.85. The highest BCUT2D eigenvalue weighted by molar-refractivity contribution is 5.02. The molecule has 2 aromatic rings. The summed E-state index contributed by atoms with van der Waals surface area (Å²) in [6.45, 7) is 3.39. The average Bonchev–Trinajstić information content (AvgIpc) is 3.04. The molecule has 0 radical (unpaired) electrons. The number of likely N-dealkylation sites (tertiary alicyclic amines) is 1.